The summed E-state index contributed by atoms with van der Waals surface area (Å²) in [4.78, 5) is 22.0. The minimum atomic E-state index is -0.222. The van der Waals surface area contributed by atoms with Gasteiger partial charge in [0, 0.05) is 13.1 Å². The molecule has 0 bridgehead atoms. The van der Waals surface area contributed by atoms with Crippen molar-refractivity contribution in [1.29, 1.82) is 0 Å². The number of rotatable bonds is 8. The minimum Gasteiger partial charge on any atom is -0.472 e. The van der Waals surface area contributed by atoms with Crippen molar-refractivity contribution >= 4 is 29.2 Å². The van der Waals surface area contributed by atoms with E-state index in [1.54, 1.807) is 25.3 Å². The van der Waals surface area contributed by atoms with Crippen LogP contribution in [0, 0.1) is 0 Å². The maximum absolute atomic E-state index is 11.6. The topological polar surface area (TPSA) is 73.8 Å². The van der Waals surface area contributed by atoms with Crippen molar-refractivity contribution in [2.75, 3.05) is 26.2 Å². The average Bonchev–Trinajstić information content (AvgIpc) is 3.10. The number of carbonyl (C=O) groups is 1. The van der Waals surface area contributed by atoms with Gasteiger partial charge in [-0.05, 0) is 31.0 Å². The third kappa shape index (κ3) is 5.95. The van der Waals surface area contributed by atoms with Crippen LogP contribution in [0.4, 0.5) is 0 Å². The highest BCUT2D eigenvalue weighted by Crippen LogP contribution is 2.23. The third-order valence-electron chi connectivity index (χ3n) is 4.14. The van der Waals surface area contributed by atoms with Gasteiger partial charge in [0.2, 0.25) is 11.8 Å². The highest BCUT2D eigenvalue weighted by Gasteiger charge is 2.26. The maximum atomic E-state index is 11.6. The summed E-state index contributed by atoms with van der Waals surface area (Å²) in [7, 11) is 0. The molecule has 2 aromatic rings. The molecule has 1 aliphatic heterocycles. The second-order valence-electron chi connectivity index (χ2n) is 6.30. The van der Waals surface area contributed by atoms with E-state index in [1.807, 2.05) is 11.0 Å². The van der Waals surface area contributed by atoms with Gasteiger partial charge in [-0.1, -0.05) is 29.3 Å². The normalized spacial score (nSPS) is 16.8. The van der Waals surface area contributed by atoms with Crippen LogP contribution < -0.4 is 9.47 Å². The molecule has 1 saturated heterocycles. The fraction of sp³-hybridized carbons (Fsp3) is 0.421. The van der Waals surface area contributed by atoms with E-state index in [0.29, 0.717) is 35.0 Å². The number of carbonyl (C=O) groups excluding carboxylic acids is 1. The predicted molar refractivity (Wildman–Crippen MR) is 105 cm³/mol. The van der Waals surface area contributed by atoms with Crippen LogP contribution in [0.3, 0.4) is 0 Å². The van der Waals surface area contributed by atoms with Gasteiger partial charge >= 0.3 is 5.97 Å². The van der Waals surface area contributed by atoms with Crippen LogP contribution in [0.1, 0.15) is 18.9 Å². The first-order valence-electron chi connectivity index (χ1n) is 8.97. The lowest BCUT2D eigenvalue weighted by molar-refractivity contribution is -0.144. The largest absolute Gasteiger partial charge is 0.472 e. The van der Waals surface area contributed by atoms with Crippen LogP contribution in [0.15, 0.2) is 30.6 Å². The van der Waals surface area contributed by atoms with Crippen molar-refractivity contribution in [3.05, 3.63) is 46.2 Å². The molecule has 1 unspecified atom stereocenters. The predicted octanol–water partition coefficient (Wildman–Crippen LogP) is 3.38. The van der Waals surface area contributed by atoms with Crippen LogP contribution in [0.2, 0.25) is 10.0 Å². The first kappa shape index (κ1) is 20.6. The lowest BCUT2D eigenvalue weighted by Crippen LogP contribution is -2.31. The smallest absolute Gasteiger partial charge is 0.320 e. The van der Waals surface area contributed by atoms with Gasteiger partial charge < -0.3 is 14.2 Å². The van der Waals surface area contributed by atoms with Gasteiger partial charge in [0.05, 0.1) is 35.6 Å². The second kappa shape index (κ2) is 9.91. The van der Waals surface area contributed by atoms with Gasteiger partial charge in [-0.25, -0.2) is 0 Å². The molecule has 0 amide bonds. The summed E-state index contributed by atoms with van der Waals surface area (Å²) in [5.74, 6) is 0.514. The fourth-order valence-electron chi connectivity index (χ4n) is 2.84. The number of aromatic nitrogens is 2. The van der Waals surface area contributed by atoms with Crippen LogP contribution in [-0.4, -0.2) is 53.2 Å². The van der Waals surface area contributed by atoms with Gasteiger partial charge in [0.1, 0.15) is 12.7 Å². The van der Waals surface area contributed by atoms with Crippen LogP contribution in [-0.2, 0) is 16.1 Å². The monoisotopic (exact) mass is 425 g/mol. The van der Waals surface area contributed by atoms with Gasteiger partial charge in [-0.2, -0.15) is 4.98 Å². The number of hydrogen-bond acceptors (Lipinski definition) is 7. The first-order chi connectivity index (χ1) is 13.5. The molecule has 150 valence electrons. The van der Waals surface area contributed by atoms with E-state index in [-0.39, 0.29) is 25.2 Å². The fourth-order valence-corrected chi connectivity index (χ4v) is 3.16. The Balaban J connectivity index is 1.51. The summed E-state index contributed by atoms with van der Waals surface area (Å²) in [6, 6.07) is 5.29. The molecular weight excluding hydrogens is 405 g/mol. The van der Waals surface area contributed by atoms with E-state index < -0.39 is 0 Å². The van der Waals surface area contributed by atoms with Crippen molar-refractivity contribution in [1.82, 2.24) is 14.9 Å². The Bertz CT molecular complexity index is 822. The van der Waals surface area contributed by atoms with E-state index in [4.69, 9.17) is 37.4 Å². The number of likely N-dealkylation sites (tertiary alicyclic amines) is 1. The maximum Gasteiger partial charge on any atom is 0.320 e. The zero-order valence-corrected chi connectivity index (χ0v) is 16.9. The Morgan fingerprint density at radius 2 is 2.07 bits per heavy atom. The molecule has 28 heavy (non-hydrogen) atoms. The Kier molecular flexibility index (Phi) is 7.30. The molecule has 1 aromatic carbocycles. The summed E-state index contributed by atoms with van der Waals surface area (Å²) in [6.45, 7) is 4.14. The number of nitrogens with zero attached hydrogens (tertiary/aromatic N) is 3. The molecule has 7 nitrogen and oxygen atoms in total. The summed E-state index contributed by atoms with van der Waals surface area (Å²) in [5, 5.41) is 0.966. The minimum absolute atomic E-state index is 0.0611. The Morgan fingerprint density at radius 3 is 2.86 bits per heavy atom. The van der Waals surface area contributed by atoms with Crippen molar-refractivity contribution < 1.29 is 19.0 Å². The van der Waals surface area contributed by atoms with E-state index in [1.165, 1.54) is 6.20 Å². The number of hydrogen-bond donors (Lipinski definition) is 0. The highest BCUT2D eigenvalue weighted by atomic mass is 35.5. The molecule has 0 saturated carbocycles. The van der Waals surface area contributed by atoms with Crippen molar-refractivity contribution in [2.45, 2.75) is 26.1 Å². The molecule has 1 aliphatic rings. The summed E-state index contributed by atoms with van der Waals surface area (Å²) < 4.78 is 16.5. The van der Waals surface area contributed by atoms with Crippen molar-refractivity contribution in [2.24, 2.45) is 0 Å². The summed E-state index contributed by atoms with van der Waals surface area (Å²) in [5.41, 5.74) is 0.868. The third-order valence-corrected chi connectivity index (χ3v) is 4.87. The molecule has 9 heteroatoms. The van der Waals surface area contributed by atoms with E-state index >= 15 is 0 Å². The van der Waals surface area contributed by atoms with E-state index in [9.17, 15) is 4.79 Å². The molecular formula is C19H21Cl2N3O4. The lowest BCUT2D eigenvalue weighted by Gasteiger charge is -2.15. The average molecular weight is 426 g/mol. The summed E-state index contributed by atoms with van der Waals surface area (Å²) in [6.07, 6.45) is 3.80. The summed E-state index contributed by atoms with van der Waals surface area (Å²) >= 11 is 11.9. The number of ether oxygens (including phenoxy) is 3. The first-order valence-corrected chi connectivity index (χ1v) is 9.72. The highest BCUT2D eigenvalue weighted by molar-refractivity contribution is 6.42. The lowest BCUT2D eigenvalue weighted by atomic mass is 10.2. The van der Waals surface area contributed by atoms with Crippen LogP contribution in [0.25, 0.3) is 0 Å². The second-order valence-corrected chi connectivity index (χ2v) is 7.12. The Hall–Kier alpha value is -2.09. The molecule has 0 radical (unpaired) electrons. The Labute approximate surface area is 173 Å². The molecule has 1 fully saturated rings. The molecule has 0 aliphatic carbocycles. The Morgan fingerprint density at radius 1 is 1.25 bits per heavy atom. The van der Waals surface area contributed by atoms with Gasteiger partial charge in [0.25, 0.3) is 0 Å². The molecule has 2 heterocycles. The van der Waals surface area contributed by atoms with E-state index in [0.717, 1.165) is 18.5 Å². The van der Waals surface area contributed by atoms with Crippen molar-refractivity contribution in [3.63, 3.8) is 0 Å². The molecule has 1 aromatic heterocycles. The molecule has 1 atom stereocenters. The molecule has 0 N–H and O–H groups in total. The number of halogens is 2. The van der Waals surface area contributed by atoms with Crippen LogP contribution in [0.5, 0.6) is 11.8 Å². The van der Waals surface area contributed by atoms with Gasteiger partial charge in [-0.15, -0.1) is 0 Å². The number of esters is 1. The zero-order valence-electron chi connectivity index (χ0n) is 15.4. The SMILES string of the molecule is CCOC(=O)CN1CCC(Oc2cncc(OCc3ccc(Cl)c(Cl)c3)n2)C1. The van der Waals surface area contributed by atoms with Gasteiger partial charge in [-0.3, -0.25) is 14.7 Å². The zero-order chi connectivity index (χ0) is 19.9. The van der Waals surface area contributed by atoms with Crippen molar-refractivity contribution in [3.8, 4) is 11.8 Å². The number of benzene rings is 1. The molecule has 3 rings (SSSR count). The van der Waals surface area contributed by atoms with Gasteiger partial charge in [0.15, 0.2) is 0 Å². The van der Waals surface area contributed by atoms with Crippen LogP contribution >= 0.6 is 23.2 Å². The molecule has 0 spiro atoms. The van der Waals surface area contributed by atoms with E-state index in [2.05, 4.69) is 9.97 Å². The quantitative estimate of drug-likeness (QED) is 0.600. The standard InChI is InChI=1S/C19H21Cl2N3O4/c1-2-26-19(25)11-24-6-5-14(10-24)28-18-9-22-8-17(23-18)27-12-13-3-4-15(20)16(21)7-13/h3-4,7-9,14H,2,5-6,10-12H2,1H3.